The third-order valence-corrected chi connectivity index (χ3v) is 2.56. The number of rotatable bonds is 8. The van der Waals surface area contributed by atoms with Gasteiger partial charge in [-0.3, -0.25) is 0 Å². The van der Waals surface area contributed by atoms with Crippen molar-refractivity contribution in [1.82, 2.24) is 9.97 Å². The minimum Gasteiger partial charge on any atom is -0.374 e. The van der Waals surface area contributed by atoms with E-state index in [4.69, 9.17) is 16.3 Å². The SMILES string of the molecule is CCOCc1nc(Cl)cc(NCCCCC(F)(F)F)n1. The van der Waals surface area contributed by atoms with E-state index in [0.29, 0.717) is 31.2 Å². The number of hydrogen-bond donors (Lipinski definition) is 1. The summed E-state index contributed by atoms with van der Waals surface area (Å²) in [6.45, 7) is 3.04. The molecule has 0 fully saturated rings. The number of aromatic nitrogens is 2. The van der Waals surface area contributed by atoms with Crippen LogP contribution >= 0.6 is 11.6 Å². The number of nitrogens with one attached hydrogen (secondary N) is 1. The first kappa shape index (κ1) is 17.0. The van der Waals surface area contributed by atoms with Crippen LogP contribution in [0.3, 0.4) is 0 Å². The van der Waals surface area contributed by atoms with Crippen LogP contribution in [-0.4, -0.2) is 29.3 Å². The first-order chi connectivity index (χ1) is 9.40. The molecule has 0 saturated carbocycles. The van der Waals surface area contributed by atoms with Crippen molar-refractivity contribution in [2.45, 2.75) is 39.0 Å². The van der Waals surface area contributed by atoms with Crippen molar-refractivity contribution >= 4 is 17.4 Å². The second kappa shape index (κ2) is 8.26. The molecule has 0 saturated heterocycles. The molecular formula is C12H17ClF3N3O. The van der Waals surface area contributed by atoms with Gasteiger partial charge in [0.1, 0.15) is 17.6 Å². The Bertz CT molecular complexity index is 415. The van der Waals surface area contributed by atoms with Gasteiger partial charge >= 0.3 is 6.18 Å². The van der Waals surface area contributed by atoms with Crippen molar-refractivity contribution in [3.05, 3.63) is 17.0 Å². The second-order valence-electron chi connectivity index (χ2n) is 4.13. The maximum atomic E-state index is 12.0. The zero-order chi connectivity index (χ0) is 15.0. The Labute approximate surface area is 120 Å². The lowest BCUT2D eigenvalue weighted by molar-refractivity contribution is -0.135. The molecule has 20 heavy (non-hydrogen) atoms. The van der Waals surface area contributed by atoms with Gasteiger partial charge in [0.25, 0.3) is 0 Å². The lowest BCUT2D eigenvalue weighted by Gasteiger charge is -2.09. The summed E-state index contributed by atoms with van der Waals surface area (Å²) in [5, 5.41) is 3.20. The fraction of sp³-hybridized carbons (Fsp3) is 0.667. The van der Waals surface area contributed by atoms with Crippen LogP contribution in [0.2, 0.25) is 5.15 Å². The number of nitrogens with zero attached hydrogens (tertiary/aromatic N) is 2. The Morgan fingerprint density at radius 1 is 1.30 bits per heavy atom. The fourth-order valence-corrected chi connectivity index (χ4v) is 1.68. The molecule has 0 spiro atoms. The normalized spacial score (nSPS) is 11.7. The molecular weight excluding hydrogens is 295 g/mol. The van der Waals surface area contributed by atoms with Crippen molar-refractivity contribution in [2.75, 3.05) is 18.5 Å². The van der Waals surface area contributed by atoms with E-state index in [-0.39, 0.29) is 18.2 Å². The molecule has 0 aliphatic heterocycles. The molecule has 1 N–H and O–H groups in total. The summed E-state index contributed by atoms with van der Waals surface area (Å²) in [4.78, 5) is 8.15. The van der Waals surface area contributed by atoms with E-state index >= 15 is 0 Å². The lowest BCUT2D eigenvalue weighted by Crippen LogP contribution is -2.10. The molecule has 0 unspecified atom stereocenters. The number of ether oxygens (including phenoxy) is 1. The van der Waals surface area contributed by atoms with E-state index in [9.17, 15) is 13.2 Å². The molecule has 8 heteroatoms. The van der Waals surface area contributed by atoms with Crippen LogP contribution in [-0.2, 0) is 11.3 Å². The molecule has 0 aliphatic rings. The highest BCUT2D eigenvalue weighted by Gasteiger charge is 2.25. The van der Waals surface area contributed by atoms with Gasteiger partial charge < -0.3 is 10.1 Å². The highest BCUT2D eigenvalue weighted by atomic mass is 35.5. The number of halogens is 4. The monoisotopic (exact) mass is 311 g/mol. The average molecular weight is 312 g/mol. The van der Waals surface area contributed by atoms with Gasteiger partial charge in [-0.2, -0.15) is 13.2 Å². The Balaban J connectivity index is 2.37. The van der Waals surface area contributed by atoms with E-state index in [2.05, 4.69) is 15.3 Å². The van der Waals surface area contributed by atoms with Gasteiger partial charge in [0.15, 0.2) is 5.82 Å². The predicted molar refractivity (Wildman–Crippen MR) is 70.8 cm³/mol. The van der Waals surface area contributed by atoms with Gasteiger partial charge in [0, 0.05) is 25.6 Å². The molecule has 1 heterocycles. The Kier molecular flexibility index (Phi) is 7.01. The van der Waals surface area contributed by atoms with Gasteiger partial charge in [-0.25, -0.2) is 9.97 Å². The summed E-state index contributed by atoms with van der Waals surface area (Å²) in [7, 11) is 0. The van der Waals surface area contributed by atoms with Crippen LogP contribution < -0.4 is 5.32 Å². The van der Waals surface area contributed by atoms with Crippen LogP contribution in [0.1, 0.15) is 32.0 Å². The van der Waals surface area contributed by atoms with E-state index in [1.807, 2.05) is 6.92 Å². The maximum absolute atomic E-state index is 12.0. The quantitative estimate of drug-likeness (QED) is 0.586. The fourth-order valence-electron chi connectivity index (χ4n) is 1.48. The van der Waals surface area contributed by atoms with Crippen molar-refractivity contribution in [2.24, 2.45) is 0 Å². The topological polar surface area (TPSA) is 47.0 Å². The summed E-state index contributed by atoms with van der Waals surface area (Å²) in [5.41, 5.74) is 0. The molecule has 0 radical (unpaired) electrons. The van der Waals surface area contributed by atoms with E-state index in [1.54, 1.807) is 0 Å². The molecule has 1 rings (SSSR count). The van der Waals surface area contributed by atoms with E-state index in [0.717, 1.165) is 0 Å². The molecule has 1 aromatic rings. The highest BCUT2D eigenvalue weighted by molar-refractivity contribution is 6.29. The van der Waals surface area contributed by atoms with Gasteiger partial charge in [0.2, 0.25) is 0 Å². The smallest absolute Gasteiger partial charge is 0.374 e. The molecule has 0 bridgehead atoms. The minimum absolute atomic E-state index is 0.0844. The average Bonchev–Trinajstić information content (AvgIpc) is 2.34. The predicted octanol–water partition coefficient (Wildman–Crippen LogP) is 3.81. The minimum atomic E-state index is -4.09. The van der Waals surface area contributed by atoms with Crippen LogP contribution in [0.25, 0.3) is 0 Å². The van der Waals surface area contributed by atoms with Gasteiger partial charge in [-0.05, 0) is 19.8 Å². The second-order valence-corrected chi connectivity index (χ2v) is 4.52. The Hall–Kier alpha value is -1.08. The summed E-state index contributed by atoms with van der Waals surface area (Å²) >= 11 is 5.83. The molecule has 4 nitrogen and oxygen atoms in total. The summed E-state index contributed by atoms with van der Waals surface area (Å²) < 4.78 is 41.0. The number of alkyl halides is 3. The zero-order valence-electron chi connectivity index (χ0n) is 11.1. The van der Waals surface area contributed by atoms with Gasteiger partial charge in [-0.15, -0.1) is 0 Å². The summed E-state index contributed by atoms with van der Waals surface area (Å²) in [6.07, 6.45) is -4.37. The van der Waals surface area contributed by atoms with Crippen LogP contribution in [0.4, 0.5) is 19.0 Å². The third-order valence-electron chi connectivity index (χ3n) is 2.37. The van der Waals surface area contributed by atoms with Crippen LogP contribution in [0, 0.1) is 0 Å². The maximum Gasteiger partial charge on any atom is 0.389 e. The van der Waals surface area contributed by atoms with E-state index < -0.39 is 12.6 Å². The molecule has 0 aromatic carbocycles. The van der Waals surface area contributed by atoms with Crippen LogP contribution in [0.5, 0.6) is 0 Å². The Morgan fingerprint density at radius 3 is 2.70 bits per heavy atom. The van der Waals surface area contributed by atoms with Gasteiger partial charge in [-0.1, -0.05) is 11.6 Å². The first-order valence-electron chi connectivity index (χ1n) is 6.32. The summed E-state index contributed by atoms with van der Waals surface area (Å²) in [6, 6.07) is 1.53. The standard InChI is InChI=1S/C12H17ClF3N3O/c1-2-20-8-11-18-9(13)7-10(19-11)17-6-4-3-5-12(14,15)16/h7H,2-6,8H2,1H3,(H,17,18,19). The van der Waals surface area contributed by atoms with Crippen LogP contribution in [0.15, 0.2) is 6.07 Å². The molecule has 0 amide bonds. The number of anilines is 1. The molecule has 1 aromatic heterocycles. The Morgan fingerprint density at radius 2 is 2.05 bits per heavy atom. The molecule has 0 aliphatic carbocycles. The molecule has 114 valence electrons. The molecule has 0 atom stereocenters. The first-order valence-corrected chi connectivity index (χ1v) is 6.70. The lowest BCUT2D eigenvalue weighted by atomic mass is 10.2. The third kappa shape index (κ3) is 7.49. The van der Waals surface area contributed by atoms with Crippen molar-refractivity contribution in [3.63, 3.8) is 0 Å². The zero-order valence-corrected chi connectivity index (χ0v) is 11.9. The number of unbranched alkanes of at least 4 members (excludes halogenated alkanes) is 1. The van der Waals surface area contributed by atoms with Crippen molar-refractivity contribution in [3.8, 4) is 0 Å². The summed E-state index contributed by atoms with van der Waals surface area (Å²) in [5.74, 6) is 0.934. The van der Waals surface area contributed by atoms with Crippen molar-refractivity contribution in [1.29, 1.82) is 0 Å². The van der Waals surface area contributed by atoms with Crippen molar-refractivity contribution < 1.29 is 17.9 Å². The van der Waals surface area contributed by atoms with E-state index in [1.165, 1.54) is 6.07 Å². The highest BCUT2D eigenvalue weighted by Crippen LogP contribution is 2.22. The number of hydrogen-bond acceptors (Lipinski definition) is 4. The van der Waals surface area contributed by atoms with Gasteiger partial charge in [0.05, 0.1) is 0 Å². The largest absolute Gasteiger partial charge is 0.389 e.